The van der Waals surface area contributed by atoms with Crippen LogP contribution in [0.3, 0.4) is 0 Å². The second kappa shape index (κ2) is 6.42. The third-order valence-electron chi connectivity index (χ3n) is 2.33. The predicted molar refractivity (Wildman–Crippen MR) is 60.7 cm³/mol. The number of carbonyl (C=O) groups excluding carboxylic acids is 2. The van der Waals surface area contributed by atoms with Crippen LogP contribution in [0.1, 0.15) is 10.6 Å². The summed E-state index contributed by atoms with van der Waals surface area (Å²) in [5.41, 5.74) is 0. The SMILES string of the molecule is CN(CC(=O)NCC(O)C(F)(F)F)C(=O)c1ccco1. The van der Waals surface area contributed by atoms with Gasteiger partial charge in [-0.15, -0.1) is 0 Å². The van der Waals surface area contributed by atoms with Gasteiger partial charge in [0, 0.05) is 7.05 Å². The fourth-order valence-corrected chi connectivity index (χ4v) is 1.26. The molecule has 0 aliphatic rings. The van der Waals surface area contributed by atoms with Crippen molar-refractivity contribution >= 4 is 11.8 Å². The van der Waals surface area contributed by atoms with Gasteiger partial charge in [0.05, 0.1) is 19.4 Å². The van der Waals surface area contributed by atoms with E-state index in [-0.39, 0.29) is 5.76 Å². The standard InChI is InChI=1S/C11H13F3N2O4/c1-16(10(19)7-3-2-4-20-7)6-9(18)15-5-8(17)11(12,13)14/h2-4,8,17H,5-6H2,1H3,(H,15,18). The monoisotopic (exact) mass is 294 g/mol. The molecule has 0 radical (unpaired) electrons. The Labute approximate surface area is 112 Å². The number of furan rings is 1. The smallest absolute Gasteiger partial charge is 0.416 e. The lowest BCUT2D eigenvalue weighted by Gasteiger charge is -2.18. The van der Waals surface area contributed by atoms with E-state index in [4.69, 9.17) is 9.52 Å². The minimum atomic E-state index is -4.80. The maximum atomic E-state index is 12.0. The summed E-state index contributed by atoms with van der Waals surface area (Å²) >= 11 is 0. The van der Waals surface area contributed by atoms with Crippen LogP contribution in [0.2, 0.25) is 0 Å². The number of hydrogen-bond donors (Lipinski definition) is 2. The average Bonchev–Trinajstić information content (AvgIpc) is 2.87. The number of likely N-dealkylation sites (N-methyl/N-ethyl adjacent to an activating group) is 1. The first-order valence-electron chi connectivity index (χ1n) is 5.52. The number of alkyl halides is 3. The molecule has 2 N–H and O–H groups in total. The molecule has 2 amide bonds. The van der Waals surface area contributed by atoms with Gasteiger partial charge in [0.2, 0.25) is 5.91 Å². The average molecular weight is 294 g/mol. The molecule has 1 aromatic rings. The number of halogens is 3. The molecule has 0 fully saturated rings. The van der Waals surface area contributed by atoms with Crippen LogP contribution in [0.25, 0.3) is 0 Å². The molecule has 112 valence electrons. The first-order chi connectivity index (χ1) is 9.21. The minimum Gasteiger partial charge on any atom is -0.459 e. The van der Waals surface area contributed by atoms with Crippen molar-refractivity contribution in [1.29, 1.82) is 0 Å². The second-order valence-corrected chi connectivity index (χ2v) is 4.00. The molecule has 1 aromatic heterocycles. The van der Waals surface area contributed by atoms with Gasteiger partial charge in [0.1, 0.15) is 0 Å². The van der Waals surface area contributed by atoms with Crippen molar-refractivity contribution in [3.63, 3.8) is 0 Å². The molecule has 1 unspecified atom stereocenters. The zero-order valence-electron chi connectivity index (χ0n) is 10.5. The minimum absolute atomic E-state index is 0.00984. The maximum absolute atomic E-state index is 12.0. The van der Waals surface area contributed by atoms with Crippen molar-refractivity contribution in [3.05, 3.63) is 24.2 Å². The van der Waals surface area contributed by atoms with Gasteiger partial charge in [0.25, 0.3) is 5.91 Å². The van der Waals surface area contributed by atoms with E-state index >= 15 is 0 Å². The first-order valence-corrected chi connectivity index (χ1v) is 5.52. The van der Waals surface area contributed by atoms with Gasteiger partial charge in [0.15, 0.2) is 11.9 Å². The zero-order chi connectivity index (χ0) is 15.3. The molecule has 9 heteroatoms. The summed E-state index contributed by atoms with van der Waals surface area (Å²) in [6.07, 6.45) is -6.16. The topological polar surface area (TPSA) is 82.8 Å². The van der Waals surface area contributed by atoms with Crippen LogP contribution >= 0.6 is 0 Å². The van der Waals surface area contributed by atoms with E-state index in [0.29, 0.717) is 0 Å². The number of aliphatic hydroxyl groups is 1. The molecule has 0 bridgehead atoms. The lowest BCUT2D eigenvalue weighted by atomic mass is 10.3. The Hall–Kier alpha value is -2.03. The highest BCUT2D eigenvalue weighted by Crippen LogP contribution is 2.19. The van der Waals surface area contributed by atoms with Gasteiger partial charge in [-0.05, 0) is 12.1 Å². The summed E-state index contributed by atoms with van der Waals surface area (Å²) in [5, 5.41) is 10.6. The Kier molecular flexibility index (Phi) is 5.14. The Balaban J connectivity index is 2.41. The Morgan fingerprint density at radius 2 is 2.15 bits per heavy atom. The number of carbonyl (C=O) groups is 2. The molecular weight excluding hydrogens is 281 g/mol. The Morgan fingerprint density at radius 1 is 1.50 bits per heavy atom. The number of hydrogen-bond acceptors (Lipinski definition) is 4. The van der Waals surface area contributed by atoms with Crippen LogP contribution in [-0.4, -0.2) is 54.2 Å². The van der Waals surface area contributed by atoms with Crippen LogP contribution in [0.15, 0.2) is 22.8 Å². The number of nitrogens with zero attached hydrogens (tertiary/aromatic N) is 1. The fourth-order valence-electron chi connectivity index (χ4n) is 1.26. The summed E-state index contributed by atoms with van der Waals surface area (Å²) in [5.74, 6) is -1.40. The van der Waals surface area contributed by atoms with E-state index in [9.17, 15) is 22.8 Å². The summed E-state index contributed by atoms with van der Waals surface area (Å²) in [6.45, 7) is -1.42. The normalized spacial score (nSPS) is 12.8. The third kappa shape index (κ3) is 4.57. The van der Waals surface area contributed by atoms with Crippen LogP contribution in [0, 0.1) is 0 Å². The molecule has 1 atom stereocenters. The van der Waals surface area contributed by atoms with Crippen molar-refractivity contribution in [2.45, 2.75) is 12.3 Å². The molecule has 0 aromatic carbocycles. The van der Waals surface area contributed by atoms with Gasteiger partial charge < -0.3 is 19.7 Å². The van der Waals surface area contributed by atoms with Crippen LogP contribution in [-0.2, 0) is 4.79 Å². The van der Waals surface area contributed by atoms with Crippen LogP contribution in [0.5, 0.6) is 0 Å². The molecular formula is C11H13F3N2O4. The van der Waals surface area contributed by atoms with Gasteiger partial charge in [-0.3, -0.25) is 9.59 Å². The van der Waals surface area contributed by atoms with Crippen molar-refractivity contribution in [2.75, 3.05) is 20.1 Å². The van der Waals surface area contributed by atoms with Crippen molar-refractivity contribution in [1.82, 2.24) is 10.2 Å². The largest absolute Gasteiger partial charge is 0.459 e. The molecule has 0 saturated carbocycles. The molecule has 6 nitrogen and oxygen atoms in total. The lowest BCUT2D eigenvalue weighted by molar-refractivity contribution is -0.201. The third-order valence-corrected chi connectivity index (χ3v) is 2.33. The van der Waals surface area contributed by atoms with E-state index < -0.39 is 37.2 Å². The quantitative estimate of drug-likeness (QED) is 0.823. The Bertz CT molecular complexity index is 459. The molecule has 1 rings (SSSR count). The van der Waals surface area contributed by atoms with E-state index in [2.05, 4.69) is 0 Å². The molecule has 0 aliphatic heterocycles. The van der Waals surface area contributed by atoms with E-state index in [1.165, 1.54) is 25.4 Å². The fraction of sp³-hybridized carbons (Fsp3) is 0.455. The lowest BCUT2D eigenvalue weighted by Crippen LogP contribution is -2.44. The Morgan fingerprint density at radius 3 is 2.65 bits per heavy atom. The second-order valence-electron chi connectivity index (χ2n) is 4.00. The highest BCUT2D eigenvalue weighted by Gasteiger charge is 2.38. The predicted octanol–water partition coefficient (Wildman–Crippen LogP) is 0.391. The molecule has 0 aliphatic carbocycles. The summed E-state index contributed by atoms with van der Waals surface area (Å²) in [4.78, 5) is 24.0. The number of amides is 2. The number of nitrogens with one attached hydrogen (secondary N) is 1. The maximum Gasteiger partial charge on any atom is 0.416 e. The van der Waals surface area contributed by atoms with Crippen molar-refractivity contribution in [2.24, 2.45) is 0 Å². The van der Waals surface area contributed by atoms with E-state index in [1.54, 1.807) is 0 Å². The van der Waals surface area contributed by atoms with Crippen molar-refractivity contribution < 1.29 is 32.3 Å². The van der Waals surface area contributed by atoms with Crippen molar-refractivity contribution in [3.8, 4) is 0 Å². The summed E-state index contributed by atoms with van der Waals surface area (Å²) in [6, 6.07) is 2.88. The van der Waals surface area contributed by atoms with E-state index in [0.717, 1.165) is 4.90 Å². The van der Waals surface area contributed by atoms with Crippen LogP contribution < -0.4 is 5.32 Å². The van der Waals surface area contributed by atoms with E-state index in [1.807, 2.05) is 5.32 Å². The van der Waals surface area contributed by atoms with Gasteiger partial charge >= 0.3 is 6.18 Å². The highest BCUT2D eigenvalue weighted by atomic mass is 19.4. The highest BCUT2D eigenvalue weighted by molar-refractivity contribution is 5.94. The molecule has 0 saturated heterocycles. The first kappa shape index (κ1) is 16.0. The molecule has 1 heterocycles. The van der Waals surface area contributed by atoms with Gasteiger partial charge in [-0.1, -0.05) is 0 Å². The summed E-state index contributed by atoms with van der Waals surface area (Å²) in [7, 11) is 1.30. The van der Waals surface area contributed by atoms with Gasteiger partial charge in [-0.25, -0.2) is 0 Å². The molecule has 0 spiro atoms. The number of aliphatic hydroxyl groups excluding tert-OH is 1. The summed E-state index contributed by atoms with van der Waals surface area (Å²) < 4.78 is 40.8. The zero-order valence-corrected chi connectivity index (χ0v) is 10.5. The van der Waals surface area contributed by atoms with Gasteiger partial charge in [-0.2, -0.15) is 13.2 Å². The number of rotatable bonds is 5. The van der Waals surface area contributed by atoms with Crippen LogP contribution in [0.4, 0.5) is 13.2 Å². The molecule has 20 heavy (non-hydrogen) atoms.